The van der Waals surface area contributed by atoms with Gasteiger partial charge in [0, 0.05) is 36.1 Å². The molecule has 0 aromatic heterocycles. The fourth-order valence-electron chi connectivity index (χ4n) is 7.45. The van der Waals surface area contributed by atoms with Crippen LogP contribution in [0.4, 0.5) is 0 Å². The van der Waals surface area contributed by atoms with Crippen LogP contribution in [0.3, 0.4) is 0 Å². The van der Waals surface area contributed by atoms with E-state index in [9.17, 15) is 29.6 Å². The van der Waals surface area contributed by atoms with Gasteiger partial charge in [-0.2, -0.15) is 0 Å². The molecule has 1 N–H and O–H groups in total. The van der Waals surface area contributed by atoms with Crippen molar-refractivity contribution >= 4 is 23.2 Å². The lowest BCUT2D eigenvalue weighted by Crippen LogP contribution is -3.16. The van der Waals surface area contributed by atoms with Gasteiger partial charge < -0.3 is 19.5 Å². The van der Waals surface area contributed by atoms with Crippen LogP contribution >= 0.6 is 0 Å². The Hall–Kier alpha value is -2.72. The molecule has 8 atom stereocenters. The summed E-state index contributed by atoms with van der Waals surface area (Å²) in [5.74, 6) is -3.34. The van der Waals surface area contributed by atoms with Crippen LogP contribution in [-0.4, -0.2) is 72.1 Å². The van der Waals surface area contributed by atoms with Gasteiger partial charge in [0.2, 0.25) is 5.78 Å². The lowest BCUT2D eigenvalue weighted by atomic mass is 9.53. The second-order valence-electron chi connectivity index (χ2n) is 9.51. The number of Topliss-reactive ketones (excluding diaryl/α,β-unsaturated/α-hetero) is 1. The molecule has 2 unspecified atom stereocenters. The molecule has 0 radical (unpaired) electrons. The molecule has 2 bridgehead atoms. The molecule has 0 aromatic carbocycles. The lowest BCUT2D eigenvalue weighted by Gasteiger charge is -2.53. The highest BCUT2D eigenvalue weighted by Crippen LogP contribution is 2.60. The van der Waals surface area contributed by atoms with Gasteiger partial charge in [0.1, 0.15) is 11.8 Å². The molecule has 0 amide bonds. The first kappa shape index (κ1) is 19.0. The van der Waals surface area contributed by atoms with Gasteiger partial charge in [-0.05, 0) is 23.1 Å². The third-order valence-corrected chi connectivity index (χ3v) is 8.47. The summed E-state index contributed by atoms with van der Waals surface area (Å²) in [6, 6.07) is -2.11. The monoisotopic (exact) mass is 427 g/mol. The SMILES string of the molecule is O=C([O-])C[C@@H]1OCC=C2C[NH+]3CC[C@]45C6=CC(=O)C(=O)C([N+](=O)[O-])C6=N[C@H]4[C@H]1[C@H]2C[C@H]35. The number of carboxylic acids is 1. The maximum absolute atomic E-state index is 12.4. The zero-order chi connectivity index (χ0) is 21.7. The average Bonchev–Trinajstić information content (AvgIpc) is 3.18. The van der Waals surface area contributed by atoms with Crippen molar-refractivity contribution < 1.29 is 34.1 Å². The van der Waals surface area contributed by atoms with E-state index in [2.05, 4.69) is 0 Å². The van der Waals surface area contributed by atoms with E-state index in [4.69, 9.17) is 9.73 Å². The summed E-state index contributed by atoms with van der Waals surface area (Å²) >= 11 is 0. The molecule has 6 rings (SSSR count). The van der Waals surface area contributed by atoms with Crippen molar-refractivity contribution in [1.29, 1.82) is 0 Å². The van der Waals surface area contributed by atoms with Gasteiger partial charge in [-0.1, -0.05) is 6.08 Å². The van der Waals surface area contributed by atoms with E-state index < -0.39 is 46.1 Å². The first-order valence-corrected chi connectivity index (χ1v) is 10.7. The van der Waals surface area contributed by atoms with Crippen LogP contribution in [0.2, 0.25) is 0 Å². The van der Waals surface area contributed by atoms with Gasteiger partial charge in [0.25, 0.3) is 5.78 Å². The van der Waals surface area contributed by atoms with Crippen molar-refractivity contribution in [2.24, 2.45) is 22.2 Å². The van der Waals surface area contributed by atoms with Crippen molar-refractivity contribution in [2.45, 2.75) is 43.5 Å². The number of aliphatic imine (C=N–C) groups is 1. The summed E-state index contributed by atoms with van der Waals surface area (Å²) in [4.78, 5) is 53.5. The molecular formula is C21H21N3O7. The highest BCUT2D eigenvalue weighted by atomic mass is 16.6. The van der Waals surface area contributed by atoms with E-state index in [-0.39, 0.29) is 30.0 Å². The molecule has 10 nitrogen and oxygen atoms in total. The molecular weight excluding hydrogens is 406 g/mol. The van der Waals surface area contributed by atoms with E-state index in [1.54, 1.807) is 0 Å². The van der Waals surface area contributed by atoms with Gasteiger partial charge in [-0.25, -0.2) is 0 Å². The summed E-state index contributed by atoms with van der Waals surface area (Å²) in [6.45, 7) is 1.97. The first-order chi connectivity index (χ1) is 14.8. The molecule has 1 spiro atoms. The number of fused-ring (bicyclic) bond motifs is 2. The number of carboxylic acid groups (broad SMARTS) is 1. The minimum Gasteiger partial charge on any atom is -0.550 e. The van der Waals surface area contributed by atoms with Crippen molar-refractivity contribution in [2.75, 3.05) is 19.7 Å². The van der Waals surface area contributed by atoms with Crippen LogP contribution in [-0.2, 0) is 19.1 Å². The largest absolute Gasteiger partial charge is 0.550 e. The summed E-state index contributed by atoms with van der Waals surface area (Å²) in [5.41, 5.74) is 1.26. The topological polar surface area (TPSA) is 143 Å². The van der Waals surface area contributed by atoms with Gasteiger partial charge >= 0.3 is 6.04 Å². The fraction of sp³-hybridized carbons (Fsp3) is 0.619. The quantitative estimate of drug-likeness (QED) is 0.223. The van der Waals surface area contributed by atoms with Gasteiger partial charge in [0.05, 0.1) is 37.3 Å². The molecule has 10 heteroatoms. The van der Waals surface area contributed by atoms with Gasteiger partial charge in [0.15, 0.2) is 0 Å². The van der Waals surface area contributed by atoms with Crippen LogP contribution in [0.1, 0.15) is 19.3 Å². The zero-order valence-corrected chi connectivity index (χ0v) is 16.6. The summed E-state index contributed by atoms with van der Waals surface area (Å²) in [7, 11) is 0. The number of carbonyl (C=O) groups excluding carboxylic acids is 3. The number of hydrogen-bond acceptors (Lipinski definition) is 8. The Bertz CT molecular complexity index is 1050. The summed E-state index contributed by atoms with van der Waals surface area (Å²) < 4.78 is 5.95. The Morgan fingerprint density at radius 2 is 2.19 bits per heavy atom. The van der Waals surface area contributed by atoms with E-state index in [0.29, 0.717) is 18.6 Å². The van der Waals surface area contributed by atoms with Crippen molar-refractivity contribution in [3.05, 3.63) is 33.4 Å². The number of ether oxygens (including phenoxy) is 1. The number of piperidine rings is 1. The van der Waals surface area contributed by atoms with Gasteiger partial charge in [-0.3, -0.25) is 24.7 Å². The Kier molecular flexibility index (Phi) is 3.78. The molecule has 3 fully saturated rings. The Balaban J connectivity index is 1.56. The number of quaternary nitrogens is 1. The fourth-order valence-corrected chi connectivity index (χ4v) is 7.45. The lowest BCUT2D eigenvalue weighted by molar-refractivity contribution is -0.917. The van der Waals surface area contributed by atoms with E-state index in [1.165, 1.54) is 16.5 Å². The number of nitrogens with zero attached hydrogens (tertiary/aromatic N) is 2. The Labute approximate surface area is 176 Å². The minimum atomic E-state index is -1.78. The number of nitro groups is 1. The molecule has 31 heavy (non-hydrogen) atoms. The maximum atomic E-state index is 12.4. The summed E-state index contributed by atoms with van der Waals surface area (Å²) in [5, 5.41) is 23.3. The van der Waals surface area contributed by atoms with Crippen LogP contribution in [0.25, 0.3) is 0 Å². The van der Waals surface area contributed by atoms with Crippen LogP contribution < -0.4 is 10.0 Å². The van der Waals surface area contributed by atoms with Crippen LogP contribution in [0.5, 0.6) is 0 Å². The second kappa shape index (κ2) is 6.17. The Morgan fingerprint density at radius 3 is 2.94 bits per heavy atom. The maximum Gasteiger partial charge on any atom is 0.319 e. The highest BCUT2D eigenvalue weighted by Gasteiger charge is 2.72. The molecule has 6 aliphatic rings. The molecule has 2 saturated heterocycles. The molecule has 1 saturated carbocycles. The highest BCUT2D eigenvalue weighted by molar-refractivity contribution is 6.51. The molecule has 0 aromatic rings. The number of aliphatic carboxylic acids is 1. The molecule has 4 heterocycles. The third kappa shape index (κ3) is 2.29. The smallest absolute Gasteiger partial charge is 0.319 e. The third-order valence-electron chi connectivity index (χ3n) is 8.47. The van der Waals surface area contributed by atoms with Crippen molar-refractivity contribution in [3.8, 4) is 0 Å². The number of rotatable bonds is 3. The van der Waals surface area contributed by atoms with Crippen molar-refractivity contribution in [3.63, 3.8) is 0 Å². The van der Waals surface area contributed by atoms with Crippen LogP contribution in [0, 0.1) is 27.4 Å². The standard InChI is InChI=1S/C21H21N3O7/c25-12-6-11-17(18(19(12)28)24(29)30)22-20-16-10-5-14-21(11,20)2-3-23(14)8-9(10)1-4-31-13(16)7-15(26)27/h1,6,10,13-14,16,18,20H,2-5,7-8H2,(H,26,27)/t10-,13-,14-,16-,18?,20-,21+/m0/s1. The number of allylic oxidation sites excluding steroid dienone is 1. The van der Waals surface area contributed by atoms with E-state index >= 15 is 0 Å². The van der Waals surface area contributed by atoms with E-state index in [1.807, 2.05) is 6.08 Å². The molecule has 2 aliphatic carbocycles. The predicted molar refractivity (Wildman–Crippen MR) is 101 cm³/mol. The van der Waals surface area contributed by atoms with E-state index in [0.717, 1.165) is 19.5 Å². The summed E-state index contributed by atoms with van der Waals surface area (Å²) in [6.07, 6.45) is 3.89. The van der Waals surface area contributed by atoms with Crippen LogP contribution in [0.15, 0.2) is 28.3 Å². The average molecular weight is 427 g/mol. The molecule has 162 valence electrons. The van der Waals surface area contributed by atoms with Crippen molar-refractivity contribution in [1.82, 2.24) is 0 Å². The normalized spacial score (nSPS) is 44.5. The number of carbonyl (C=O) groups is 3. The predicted octanol–water partition coefficient (Wildman–Crippen LogP) is -2.71. The number of hydrogen-bond donors (Lipinski definition) is 1. The molecule has 4 aliphatic heterocycles. The minimum absolute atomic E-state index is 0.0717. The zero-order valence-electron chi connectivity index (χ0n) is 16.6. The second-order valence-corrected chi connectivity index (χ2v) is 9.51. The van der Waals surface area contributed by atoms with Gasteiger partial charge in [-0.15, -0.1) is 0 Å². The Morgan fingerprint density at radius 1 is 1.39 bits per heavy atom. The number of nitrogens with one attached hydrogen (secondary N) is 1. The number of ketones is 2. The first-order valence-electron chi connectivity index (χ1n) is 10.7.